The average molecular weight is 322 g/mol. The Morgan fingerprint density at radius 1 is 1.33 bits per heavy atom. The number of benzene rings is 1. The van der Waals surface area contributed by atoms with Crippen molar-refractivity contribution in [3.05, 3.63) is 36.7 Å². The molecular formula is C17H18N6O. The van der Waals surface area contributed by atoms with Gasteiger partial charge in [0.25, 0.3) is 0 Å². The second kappa shape index (κ2) is 6.01. The minimum Gasteiger partial charge on any atom is -0.309 e. The van der Waals surface area contributed by atoms with Gasteiger partial charge in [0.05, 0.1) is 12.2 Å². The van der Waals surface area contributed by atoms with Gasteiger partial charge in [0.1, 0.15) is 11.5 Å². The zero-order valence-corrected chi connectivity index (χ0v) is 13.4. The van der Waals surface area contributed by atoms with E-state index in [9.17, 15) is 4.79 Å². The van der Waals surface area contributed by atoms with Gasteiger partial charge in [0, 0.05) is 24.2 Å². The number of aromatic nitrogens is 4. The molecule has 0 aliphatic carbocycles. The second-order valence-electron chi connectivity index (χ2n) is 6.05. The second-order valence-corrected chi connectivity index (χ2v) is 6.05. The molecule has 1 saturated heterocycles. The van der Waals surface area contributed by atoms with Crippen LogP contribution in [0.3, 0.4) is 0 Å². The van der Waals surface area contributed by atoms with E-state index in [1.54, 1.807) is 10.9 Å². The van der Waals surface area contributed by atoms with Crippen LogP contribution < -0.4 is 10.6 Å². The van der Waals surface area contributed by atoms with Crippen molar-refractivity contribution in [2.24, 2.45) is 7.05 Å². The topological polar surface area (TPSA) is 84.7 Å². The van der Waals surface area contributed by atoms with Crippen LogP contribution in [0.5, 0.6) is 0 Å². The maximum Gasteiger partial charge on any atom is 0.242 e. The number of fused-ring (bicyclic) bond motifs is 1. The largest absolute Gasteiger partial charge is 0.309 e. The fourth-order valence-corrected chi connectivity index (χ4v) is 2.97. The number of amides is 1. The molecule has 0 saturated carbocycles. The van der Waals surface area contributed by atoms with E-state index in [0.717, 1.165) is 41.4 Å². The summed E-state index contributed by atoms with van der Waals surface area (Å²) in [5.41, 5.74) is 1.80. The van der Waals surface area contributed by atoms with Gasteiger partial charge >= 0.3 is 0 Å². The van der Waals surface area contributed by atoms with Crippen LogP contribution in [0.4, 0.5) is 5.82 Å². The summed E-state index contributed by atoms with van der Waals surface area (Å²) in [6.07, 6.45) is 5.55. The maximum atomic E-state index is 12.2. The summed E-state index contributed by atoms with van der Waals surface area (Å²) in [4.78, 5) is 16.5. The molecule has 1 aliphatic heterocycles. The maximum absolute atomic E-state index is 12.2. The van der Waals surface area contributed by atoms with Crippen LogP contribution in [0.15, 0.2) is 36.7 Å². The lowest BCUT2D eigenvalue weighted by atomic mass is 10.1. The van der Waals surface area contributed by atoms with E-state index in [1.807, 2.05) is 37.5 Å². The van der Waals surface area contributed by atoms with Crippen LogP contribution in [0.1, 0.15) is 12.8 Å². The molecule has 2 aromatic heterocycles. The molecule has 1 aliphatic rings. The van der Waals surface area contributed by atoms with E-state index in [0.29, 0.717) is 5.82 Å². The van der Waals surface area contributed by atoms with E-state index in [4.69, 9.17) is 0 Å². The molecule has 0 spiro atoms. The van der Waals surface area contributed by atoms with Crippen LogP contribution in [-0.4, -0.2) is 38.5 Å². The highest BCUT2D eigenvalue weighted by molar-refractivity contribution is 5.96. The third-order valence-electron chi connectivity index (χ3n) is 4.25. The molecular weight excluding hydrogens is 304 g/mol. The van der Waals surface area contributed by atoms with Crippen LogP contribution in [0.2, 0.25) is 0 Å². The summed E-state index contributed by atoms with van der Waals surface area (Å²) in [6, 6.07) is 7.80. The molecule has 7 nitrogen and oxygen atoms in total. The molecule has 1 aromatic carbocycles. The molecule has 24 heavy (non-hydrogen) atoms. The third-order valence-corrected chi connectivity index (χ3v) is 4.25. The van der Waals surface area contributed by atoms with Crippen molar-refractivity contribution in [2.75, 3.05) is 11.9 Å². The van der Waals surface area contributed by atoms with Gasteiger partial charge < -0.3 is 10.6 Å². The molecule has 3 aromatic rings. The molecule has 0 radical (unpaired) electrons. The van der Waals surface area contributed by atoms with Crippen molar-refractivity contribution in [1.29, 1.82) is 0 Å². The molecule has 4 rings (SSSR count). The fourth-order valence-electron chi connectivity index (χ4n) is 2.97. The van der Waals surface area contributed by atoms with Crippen LogP contribution >= 0.6 is 0 Å². The van der Waals surface area contributed by atoms with Gasteiger partial charge in [-0.25, -0.2) is 4.98 Å². The minimum absolute atomic E-state index is 0.0237. The summed E-state index contributed by atoms with van der Waals surface area (Å²) in [5.74, 6) is 0.543. The number of nitrogens with one attached hydrogen (secondary N) is 2. The highest BCUT2D eigenvalue weighted by Gasteiger charge is 2.22. The Morgan fingerprint density at radius 3 is 3.00 bits per heavy atom. The lowest BCUT2D eigenvalue weighted by Gasteiger charge is -2.11. The first-order valence-electron chi connectivity index (χ1n) is 8.00. The smallest absolute Gasteiger partial charge is 0.242 e. The molecule has 2 N–H and O–H groups in total. The predicted octanol–water partition coefficient (Wildman–Crippen LogP) is 1.72. The zero-order chi connectivity index (χ0) is 16.5. The quantitative estimate of drug-likeness (QED) is 0.767. The number of carbonyl (C=O) groups excluding carboxylic acids is 1. The Labute approximate surface area is 139 Å². The standard InChI is InChI=1S/C17H18N6O/c1-23-10-15(21-22-23)11-4-5-12-9-19-16(8-13(12)7-11)20-17(24)14-3-2-6-18-14/h4-5,7-10,14,18H,2-3,6H2,1H3,(H,19,20,24). The van der Waals surface area contributed by atoms with Gasteiger partial charge in [-0.05, 0) is 36.9 Å². The van der Waals surface area contributed by atoms with Crippen molar-refractivity contribution in [1.82, 2.24) is 25.3 Å². The van der Waals surface area contributed by atoms with E-state index in [-0.39, 0.29) is 11.9 Å². The summed E-state index contributed by atoms with van der Waals surface area (Å²) in [6.45, 7) is 0.894. The first-order chi connectivity index (χ1) is 11.7. The normalized spacial score (nSPS) is 17.3. The summed E-state index contributed by atoms with van der Waals surface area (Å²) in [7, 11) is 1.84. The van der Waals surface area contributed by atoms with E-state index in [2.05, 4.69) is 25.9 Å². The molecule has 1 unspecified atom stereocenters. The van der Waals surface area contributed by atoms with Crippen molar-refractivity contribution < 1.29 is 4.79 Å². The van der Waals surface area contributed by atoms with Gasteiger partial charge in [-0.2, -0.15) is 0 Å². The Hall–Kier alpha value is -2.80. The van der Waals surface area contributed by atoms with Crippen LogP contribution in [0.25, 0.3) is 22.0 Å². The number of anilines is 1. The first kappa shape index (κ1) is 14.8. The van der Waals surface area contributed by atoms with E-state index >= 15 is 0 Å². The summed E-state index contributed by atoms with van der Waals surface area (Å²) in [5, 5.41) is 16.2. The molecule has 122 valence electrons. The van der Waals surface area contributed by atoms with E-state index in [1.165, 1.54) is 0 Å². The van der Waals surface area contributed by atoms with Gasteiger partial charge in [-0.1, -0.05) is 17.3 Å². The van der Waals surface area contributed by atoms with Crippen molar-refractivity contribution in [3.63, 3.8) is 0 Å². The number of hydrogen-bond donors (Lipinski definition) is 2. The summed E-state index contributed by atoms with van der Waals surface area (Å²) < 4.78 is 1.67. The monoisotopic (exact) mass is 322 g/mol. The van der Waals surface area contributed by atoms with Gasteiger partial charge in [-0.15, -0.1) is 5.10 Å². The predicted molar refractivity (Wildman–Crippen MR) is 91.4 cm³/mol. The molecule has 0 bridgehead atoms. The highest BCUT2D eigenvalue weighted by Crippen LogP contribution is 2.24. The number of pyridine rings is 1. The Kier molecular flexibility index (Phi) is 3.70. The van der Waals surface area contributed by atoms with Crippen molar-refractivity contribution in [2.45, 2.75) is 18.9 Å². The van der Waals surface area contributed by atoms with Crippen LogP contribution in [-0.2, 0) is 11.8 Å². The molecule has 3 heterocycles. The van der Waals surface area contributed by atoms with Crippen molar-refractivity contribution in [3.8, 4) is 11.3 Å². The van der Waals surface area contributed by atoms with Gasteiger partial charge in [-0.3, -0.25) is 9.48 Å². The molecule has 7 heteroatoms. The molecule has 1 atom stereocenters. The fraction of sp³-hybridized carbons (Fsp3) is 0.294. The first-order valence-corrected chi connectivity index (χ1v) is 8.00. The van der Waals surface area contributed by atoms with Crippen molar-refractivity contribution >= 4 is 22.5 Å². The number of carbonyl (C=O) groups is 1. The summed E-state index contributed by atoms with van der Waals surface area (Å²) >= 11 is 0. The lowest BCUT2D eigenvalue weighted by molar-refractivity contribution is -0.117. The average Bonchev–Trinajstić information content (AvgIpc) is 3.25. The number of hydrogen-bond acceptors (Lipinski definition) is 5. The van der Waals surface area contributed by atoms with Gasteiger partial charge in [0.15, 0.2) is 0 Å². The van der Waals surface area contributed by atoms with E-state index < -0.39 is 0 Å². The van der Waals surface area contributed by atoms with Gasteiger partial charge in [0.2, 0.25) is 5.91 Å². The van der Waals surface area contributed by atoms with Crippen LogP contribution in [0, 0.1) is 0 Å². The minimum atomic E-state index is -0.117. The Morgan fingerprint density at radius 2 is 2.25 bits per heavy atom. The molecule has 1 fully saturated rings. The zero-order valence-electron chi connectivity index (χ0n) is 13.4. The number of aryl methyl sites for hydroxylation is 1. The molecule has 1 amide bonds. The Bertz CT molecular complexity index is 897. The SMILES string of the molecule is Cn1cc(-c2ccc3cnc(NC(=O)C4CCCN4)cc3c2)nn1. The number of rotatable bonds is 3. The Balaban J connectivity index is 1.62. The lowest BCUT2D eigenvalue weighted by Crippen LogP contribution is -2.35. The third kappa shape index (κ3) is 2.85. The highest BCUT2D eigenvalue weighted by atomic mass is 16.2. The number of nitrogens with zero attached hydrogens (tertiary/aromatic N) is 4.